The van der Waals surface area contributed by atoms with Crippen molar-refractivity contribution in [3.63, 3.8) is 0 Å². The largest absolute Gasteiger partial charge is 0.393 e. The van der Waals surface area contributed by atoms with Gasteiger partial charge in [-0.2, -0.15) is 0 Å². The number of aliphatic hydroxyl groups excluding tert-OH is 1. The van der Waals surface area contributed by atoms with Gasteiger partial charge in [0, 0.05) is 38.7 Å². The van der Waals surface area contributed by atoms with E-state index in [9.17, 15) is 9.90 Å². The number of hydrogen-bond donors (Lipinski definition) is 1. The topological polar surface area (TPSA) is 71.2 Å². The molecule has 1 N–H and O–H groups in total. The Morgan fingerprint density at radius 3 is 2.50 bits per heavy atom. The van der Waals surface area contributed by atoms with Crippen LogP contribution >= 0.6 is 0 Å². The van der Waals surface area contributed by atoms with E-state index in [1.54, 1.807) is 6.92 Å². The Labute approximate surface area is 156 Å². The van der Waals surface area contributed by atoms with Crippen LogP contribution in [0.3, 0.4) is 0 Å². The van der Waals surface area contributed by atoms with Crippen molar-refractivity contribution in [3.05, 3.63) is 11.9 Å². The molecule has 0 radical (unpaired) electrons. The van der Waals surface area contributed by atoms with Crippen molar-refractivity contribution in [2.45, 2.75) is 83.8 Å². The Hall–Kier alpha value is -1.43. The smallest absolute Gasteiger partial charge is 0.222 e. The Morgan fingerprint density at radius 2 is 1.85 bits per heavy atom. The zero-order valence-electron chi connectivity index (χ0n) is 16.1. The first-order valence-corrected chi connectivity index (χ1v) is 10.4. The lowest BCUT2D eigenvalue weighted by Gasteiger charge is -2.32. The van der Waals surface area contributed by atoms with Crippen LogP contribution in [0.1, 0.15) is 70.4 Å². The van der Waals surface area contributed by atoms with Crippen molar-refractivity contribution in [2.24, 2.45) is 11.8 Å². The molecule has 0 bridgehead atoms. The SMILES string of the molecule is C[C@H](O)Cc1cn(CC2CCN(C(=O)CC3CCCCCC3)CC2)nn1. The van der Waals surface area contributed by atoms with E-state index in [1.807, 2.05) is 10.9 Å². The molecule has 2 aliphatic rings. The van der Waals surface area contributed by atoms with Gasteiger partial charge in [-0.15, -0.1) is 5.10 Å². The summed E-state index contributed by atoms with van der Waals surface area (Å²) in [6, 6.07) is 0. The molecule has 1 aromatic heterocycles. The van der Waals surface area contributed by atoms with E-state index < -0.39 is 0 Å². The normalized spacial score (nSPS) is 21.5. The molecule has 1 amide bonds. The van der Waals surface area contributed by atoms with E-state index in [2.05, 4.69) is 15.2 Å². The lowest BCUT2D eigenvalue weighted by molar-refractivity contribution is -0.133. The van der Waals surface area contributed by atoms with Crippen LogP contribution in [-0.2, 0) is 17.8 Å². The molecule has 1 atom stereocenters. The maximum Gasteiger partial charge on any atom is 0.222 e. The third-order valence-electron chi connectivity index (χ3n) is 5.94. The fourth-order valence-electron chi connectivity index (χ4n) is 4.40. The minimum absolute atomic E-state index is 0.371. The summed E-state index contributed by atoms with van der Waals surface area (Å²) in [4.78, 5) is 14.7. The van der Waals surface area contributed by atoms with Crippen molar-refractivity contribution in [1.29, 1.82) is 0 Å². The quantitative estimate of drug-likeness (QED) is 0.790. The maximum atomic E-state index is 12.6. The van der Waals surface area contributed by atoms with Gasteiger partial charge in [0.25, 0.3) is 0 Å². The molecule has 1 aliphatic carbocycles. The first-order valence-electron chi connectivity index (χ1n) is 10.4. The standard InChI is InChI=1S/C20H34N4O2/c1-16(25)12-19-15-24(22-21-19)14-18-8-10-23(11-9-18)20(26)13-17-6-4-2-3-5-7-17/h15-18,25H,2-14H2,1H3/t16-/m0/s1. The first-order chi connectivity index (χ1) is 12.6. The summed E-state index contributed by atoms with van der Waals surface area (Å²) < 4.78 is 1.89. The second kappa shape index (κ2) is 9.49. The van der Waals surface area contributed by atoms with Gasteiger partial charge in [-0.05, 0) is 44.4 Å². The zero-order chi connectivity index (χ0) is 18.4. The van der Waals surface area contributed by atoms with E-state index in [-0.39, 0.29) is 6.10 Å². The summed E-state index contributed by atoms with van der Waals surface area (Å²) >= 11 is 0. The van der Waals surface area contributed by atoms with E-state index >= 15 is 0 Å². The lowest BCUT2D eigenvalue weighted by Crippen LogP contribution is -2.40. The fourth-order valence-corrected chi connectivity index (χ4v) is 4.40. The number of amides is 1. The summed E-state index contributed by atoms with van der Waals surface area (Å²) in [5.41, 5.74) is 0.844. The molecule has 6 heteroatoms. The van der Waals surface area contributed by atoms with Gasteiger partial charge < -0.3 is 10.0 Å². The van der Waals surface area contributed by atoms with E-state index in [4.69, 9.17) is 0 Å². The van der Waals surface area contributed by atoms with Crippen molar-refractivity contribution in [2.75, 3.05) is 13.1 Å². The molecule has 2 heterocycles. The molecule has 6 nitrogen and oxygen atoms in total. The van der Waals surface area contributed by atoms with Crippen molar-refractivity contribution >= 4 is 5.91 Å². The molecular formula is C20H34N4O2. The lowest BCUT2D eigenvalue weighted by atomic mass is 9.93. The fraction of sp³-hybridized carbons (Fsp3) is 0.850. The van der Waals surface area contributed by atoms with Gasteiger partial charge in [0.15, 0.2) is 0 Å². The van der Waals surface area contributed by atoms with Gasteiger partial charge in [-0.3, -0.25) is 9.48 Å². The summed E-state index contributed by atoms with van der Waals surface area (Å²) in [6.07, 6.45) is 12.7. The maximum absolute atomic E-state index is 12.6. The highest BCUT2D eigenvalue weighted by Crippen LogP contribution is 2.27. The van der Waals surface area contributed by atoms with Gasteiger partial charge in [-0.25, -0.2) is 0 Å². The van der Waals surface area contributed by atoms with Gasteiger partial charge in [0.05, 0.1) is 11.8 Å². The molecule has 0 aromatic carbocycles. The third kappa shape index (κ3) is 5.79. The highest BCUT2D eigenvalue weighted by atomic mass is 16.3. The molecule has 1 saturated carbocycles. The van der Waals surface area contributed by atoms with Gasteiger partial charge in [-0.1, -0.05) is 30.9 Å². The van der Waals surface area contributed by atoms with Crippen LogP contribution in [0.4, 0.5) is 0 Å². The summed E-state index contributed by atoms with van der Waals surface area (Å²) in [6.45, 7) is 4.38. The zero-order valence-corrected chi connectivity index (χ0v) is 16.1. The Morgan fingerprint density at radius 1 is 1.15 bits per heavy atom. The highest BCUT2D eigenvalue weighted by Gasteiger charge is 2.25. The van der Waals surface area contributed by atoms with Crippen molar-refractivity contribution in [1.82, 2.24) is 19.9 Å². The number of aliphatic hydroxyl groups is 1. The Kier molecular flexibility index (Phi) is 7.06. The number of aromatic nitrogens is 3. The summed E-state index contributed by atoms with van der Waals surface area (Å²) in [5.74, 6) is 1.54. The number of carbonyl (C=O) groups excluding carboxylic acids is 1. The monoisotopic (exact) mass is 362 g/mol. The molecule has 1 saturated heterocycles. The Bertz CT molecular complexity index is 556. The molecule has 3 rings (SSSR count). The van der Waals surface area contributed by atoms with Crippen LogP contribution in [0.2, 0.25) is 0 Å². The molecule has 1 aliphatic heterocycles. The van der Waals surface area contributed by atoms with Crippen molar-refractivity contribution < 1.29 is 9.90 Å². The molecule has 146 valence electrons. The molecule has 0 unspecified atom stereocenters. The average molecular weight is 363 g/mol. The van der Waals surface area contributed by atoms with Crippen LogP contribution in [0.5, 0.6) is 0 Å². The predicted octanol–water partition coefficient (Wildman–Crippen LogP) is 2.80. The second-order valence-electron chi connectivity index (χ2n) is 8.37. The van der Waals surface area contributed by atoms with E-state index in [0.29, 0.717) is 24.2 Å². The molecular weight excluding hydrogens is 328 g/mol. The van der Waals surface area contributed by atoms with Gasteiger partial charge in [0.2, 0.25) is 5.91 Å². The second-order valence-corrected chi connectivity index (χ2v) is 8.37. The van der Waals surface area contributed by atoms with Crippen LogP contribution in [0, 0.1) is 11.8 Å². The number of carbonyl (C=O) groups is 1. The van der Waals surface area contributed by atoms with Gasteiger partial charge in [0.1, 0.15) is 0 Å². The third-order valence-corrected chi connectivity index (χ3v) is 5.94. The average Bonchev–Trinajstić information content (AvgIpc) is 2.88. The predicted molar refractivity (Wildman–Crippen MR) is 101 cm³/mol. The van der Waals surface area contributed by atoms with Crippen LogP contribution < -0.4 is 0 Å². The van der Waals surface area contributed by atoms with Crippen LogP contribution in [0.25, 0.3) is 0 Å². The first kappa shape index (κ1) is 19.3. The van der Waals surface area contributed by atoms with Crippen LogP contribution in [-0.4, -0.2) is 50.1 Å². The number of nitrogens with zero attached hydrogens (tertiary/aromatic N) is 4. The van der Waals surface area contributed by atoms with E-state index in [1.165, 1.54) is 38.5 Å². The molecule has 0 spiro atoms. The Balaban J connectivity index is 1.40. The number of hydrogen-bond acceptors (Lipinski definition) is 4. The number of likely N-dealkylation sites (tertiary alicyclic amines) is 1. The minimum Gasteiger partial charge on any atom is -0.393 e. The minimum atomic E-state index is -0.386. The molecule has 1 aromatic rings. The van der Waals surface area contributed by atoms with E-state index in [0.717, 1.165) is 44.6 Å². The summed E-state index contributed by atoms with van der Waals surface area (Å²) in [5, 5.41) is 17.7. The molecule has 26 heavy (non-hydrogen) atoms. The summed E-state index contributed by atoms with van der Waals surface area (Å²) in [7, 11) is 0. The highest BCUT2D eigenvalue weighted by molar-refractivity contribution is 5.76. The van der Waals surface area contributed by atoms with Crippen LogP contribution in [0.15, 0.2) is 6.20 Å². The number of rotatable bonds is 6. The number of piperidine rings is 1. The van der Waals surface area contributed by atoms with Crippen molar-refractivity contribution in [3.8, 4) is 0 Å². The molecule has 2 fully saturated rings. The van der Waals surface area contributed by atoms with Gasteiger partial charge >= 0.3 is 0 Å².